The van der Waals surface area contributed by atoms with Crippen molar-refractivity contribution in [2.45, 2.75) is 39.0 Å². The van der Waals surface area contributed by atoms with Crippen LogP contribution in [0.15, 0.2) is 29.2 Å². The Bertz CT molecular complexity index is 647. The van der Waals surface area contributed by atoms with Gasteiger partial charge in [0.25, 0.3) is 11.1 Å². The summed E-state index contributed by atoms with van der Waals surface area (Å²) < 4.78 is 12.9. The van der Waals surface area contributed by atoms with Crippen LogP contribution in [0.2, 0.25) is 0 Å². The van der Waals surface area contributed by atoms with Gasteiger partial charge < -0.3 is 0 Å². The third kappa shape index (κ3) is 3.66. The lowest BCUT2D eigenvalue weighted by atomic mass is 9.75. The van der Waals surface area contributed by atoms with Crippen molar-refractivity contribution in [2.24, 2.45) is 5.41 Å². The van der Waals surface area contributed by atoms with Crippen LogP contribution in [0.25, 0.3) is 6.08 Å². The summed E-state index contributed by atoms with van der Waals surface area (Å²) in [7, 11) is 0. The fourth-order valence-corrected chi connectivity index (χ4v) is 4.13. The first-order valence-corrected chi connectivity index (χ1v) is 8.79. The van der Waals surface area contributed by atoms with E-state index in [0.29, 0.717) is 11.4 Å². The summed E-state index contributed by atoms with van der Waals surface area (Å²) in [6.07, 6.45) is 7.35. The molecule has 5 heteroatoms. The van der Waals surface area contributed by atoms with Crippen LogP contribution in [0, 0.1) is 11.2 Å². The first kappa shape index (κ1) is 16.2. The molecule has 1 aliphatic heterocycles. The summed E-state index contributed by atoms with van der Waals surface area (Å²) >= 11 is 0.973. The number of halogens is 1. The van der Waals surface area contributed by atoms with Crippen molar-refractivity contribution in [2.75, 3.05) is 6.54 Å². The van der Waals surface area contributed by atoms with Crippen LogP contribution in [-0.2, 0) is 4.79 Å². The molecule has 0 aromatic heterocycles. The Hall–Kier alpha value is -1.62. The van der Waals surface area contributed by atoms with Crippen LogP contribution in [0.5, 0.6) is 0 Å². The van der Waals surface area contributed by atoms with Crippen molar-refractivity contribution >= 4 is 29.0 Å². The van der Waals surface area contributed by atoms with Gasteiger partial charge in [0.2, 0.25) is 0 Å². The van der Waals surface area contributed by atoms with Gasteiger partial charge in [-0.25, -0.2) is 4.39 Å². The molecule has 0 N–H and O–H groups in total. The first-order valence-electron chi connectivity index (χ1n) is 7.98. The maximum absolute atomic E-state index is 12.9. The number of imide groups is 1. The Morgan fingerprint density at radius 1 is 1.17 bits per heavy atom. The molecule has 2 fully saturated rings. The first-order chi connectivity index (χ1) is 11.0. The van der Waals surface area contributed by atoms with Crippen LogP contribution in [0.1, 0.15) is 44.6 Å². The van der Waals surface area contributed by atoms with Gasteiger partial charge in [-0.3, -0.25) is 14.5 Å². The highest BCUT2D eigenvalue weighted by atomic mass is 32.2. The largest absolute Gasteiger partial charge is 0.293 e. The molecular weight excluding hydrogens is 313 g/mol. The lowest BCUT2D eigenvalue weighted by molar-refractivity contribution is -0.124. The minimum atomic E-state index is -0.319. The summed E-state index contributed by atoms with van der Waals surface area (Å²) in [6.45, 7) is 2.66. The molecule has 122 valence electrons. The number of benzene rings is 1. The van der Waals surface area contributed by atoms with Gasteiger partial charge in [0.15, 0.2) is 0 Å². The van der Waals surface area contributed by atoms with Crippen molar-refractivity contribution in [3.63, 3.8) is 0 Å². The summed E-state index contributed by atoms with van der Waals surface area (Å²) in [5.41, 5.74) is 0.760. The topological polar surface area (TPSA) is 37.4 Å². The monoisotopic (exact) mass is 333 g/mol. The Labute approximate surface area is 139 Å². The van der Waals surface area contributed by atoms with Gasteiger partial charge in [-0.2, -0.15) is 0 Å². The van der Waals surface area contributed by atoms with E-state index >= 15 is 0 Å². The van der Waals surface area contributed by atoms with Gasteiger partial charge in [0.05, 0.1) is 4.91 Å². The number of hydrogen-bond acceptors (Lipinski definition) is 3. The average molecular weight is 333 g/mol. The lowest BCUT2D eigenvalue weighted by Gasteiger charge is -2.35. The van der Waals surface area contributed by atoms with E-state index in [1.165, 1.54) is 23.5 Å². The molecule has 2 amide bonds. The highest BCUT2D eigenvalue weighted by molar-refractivity contribution is 8.18. The van der Waals surface area contributed by atoms with Gasteiger partial charge in [-0.1, -0.05) is 38.3 Å². The van der Waals surface area contributed by atoms with Crippen molar-refractivity contribution in [1.29, 1.82) is 0 Å². The van der Waals surface area contributed by atoms with Crippen LogP contribution >= 0.6 is 11.8 Å². The van der Waals surface area contributed by atoms with Crippen LogP contribution in [0.3, 0.4) is 0 Å². The van der Waals surface area contributed by atoms with E-state index in [2.05, 4.69) is 6.92 Å². The van der Waals surface area contributed by atoms with Gasteiger partial charge in [-0.15, -0.1) is 0 Å². The predicted molar refractivity (Wildman–Crippen MR) is 90.3 cm³/mol. The molecule has 2 aliphatic rings. The number of nitrogens with zero attached hydrogens (tertiary/aromatic N) is 1. The molecule has 0 spiro atoms. The van der Waals surface area contributed by atoms with Crippen LogP contribution in [0.4, 0.5) is 9.18 Å². The Morgan fingerprint density at radius 3 is 2.48 bits per heavy atom. The molecule has 1 saturated carbocycles. The predicted octanol–water partition coefficient (Wildman–Crippen LogP) is 4.83. The summed E-state index contributed by atoms with van der Waals surface area (Å²) in [5.74, 6) is -0.545. The fourth-order valence-electron chi connectivity index (χ4n) is 3.29. The van der Waals surface area contributed by atoms with Crippen molar-refractivity contribution in [1.82, 2.24) is 4.90 Å². The summed E-state index contributed by atoms with van der Waals surface area (Å²) in [4.78, 5) is 26.6. The minimum absolute atomic E-state index is 0.0372. The molecule has 3 rings (SSSR count). The van der Waals surface area contributed by atoms with E-state index < -0.39 is 0 Å². The average Bonchev–Trinajstić information content (AvgIpc) is 2.78. The number of amides is 2. The second-order valence-corrected chi connectivity index (χ2v) is 7.68. The smallest absolute Gasteiger partial charge is 0.268 e. The van der Waals surface area contributed by atoms with E-state index in [1.54, 1.807) is 18.2 Å². The van der Waals surface area contributed by atoms with Gasteiger partial charge in [0.1, 0.15) is 5.82 Å². The van der Waals surface area contributed by atoms with E-state index in [1.807, 2.05) is 0 Å². The lowest BCUT2D eigenvalue weighted by Crippen LogP contribution is -2.39. The Morgan fingerprint density at radius 2 is 1.83 bits per heavy atom. The quantitative estimate of drug-likeness (QED) is 0.743. The maximum atomic E-state index is 12.9. The molecule has 1 heterocycles. The fraction of sp³-hybridized carbons (Fsp3) is 0.444. The molecule has 1 aromatic carbocycles. The van der Waals surface area contributed by atoms with Gasteiger partial charge in [0, 0.05) is 6.54 Å². The Balaban J connectivity index is 1.75. The number of thioether (sulfide) groups is 1. The zero-order valence-corrected chi connectivity index (χ0v) is 14.0. The number of hydrogen-bond donors (Lipinski definition) is 0. The van der Waals surface area contributed by atoms with Gasteiger partial charge in [-0.05, 0) is 53.8 Å². The highest BCUT2D eigenvalue weighted by Gasteiger charge is 2.40. The molecule has 23 heavy (non-hydrogen) atoms. The van der Waals surface area contributed by atoms with Gasteiger partial charge >= 0.3 is 0 Å². The third-order valence-electron chi connectivity index (χ3n) is 4.64. The second-order valence-electron chi connectivity index (χ2n) is 6.69. The van der Waals surface area contributed by atoms with Crippen molar-refractivity contribution in [3.05, 3.63) is 40.6 Å². The van der Waals surface area contributed by atoms with E-state index in [9.17, 15) is 14.0 Å². The molecule has 1 aromatic rings. The second kappa shape index (κ2) is 6.48. The molecule has 0 bridgehead atoms. The van der Waals surface area contributed by atoms with Crippen molar-refractivity contribution in [3.8, 4) is 0 Å². The molecule has 1 aliphatic carbocycles. The maximum Gasteiger partial charge on any atom is 0.293 e. The Kier molecular flexibility index (Phi) is 4.57. The molecule has 1 saturated heterocycles. The highest BCUT2D eigenvalue weighted by Crippen LogP contribution is 2.40. The zero-order valence-electron chi connectivity index (χ0n) is 13.2. The normalized spacial score (nSPS) is 22.9. The zero-order chi connectivity index (χ0) is 16.4. The summed E-state index contributed by atoms with van der Waals surface area (Å²) in [5, 5.41) is -0.199. The molecular formula is C18H20FNO2S. The number of carbonyl (C=O) groups excluding carboxylic acids is 2. The molecule has 0 atom stereocenters. The third-order valence-corrected chi connectivity index (χ3v) is 5.55. The summed E-state index contributed by atoms with van der Waals surface area (Å²) in [6, 6.07) is 5.90. The standard InChI is InChI=1S/C18H20FNO2S/c1-18(9-3-2-4-10-18)12-20-16(21)15(23-17(20)22)11-13-5-7-14(19)8-6-13/h5-8,11H,2-4,9-10,12H2,1H3/b15-11+. The number of carbonyl (C=O) groups is 2. The van der Waals surface area contributed by atoms with E-state index in [0.717, 1.165) is 43.0 Å². The molecule has 0 radical (unpaired) electrons. The van der Waals surface area contributed by atoms with Crippen LogP contribution < -0.4 is 0 Å². The minimum Gasteiger partial charge on any atom is -0.268 e. The van der Waals surface area contributed by atoms with E-state index in [-0.39, 0.29) is 22.4 Å². The van der Waals surface area contributed by atoms with Crippen molar-refractivity contribution < 1.29 is 14.0 Å². The molecule has 3 nitrogen and oxygen atoms in total. The van der Waals surface area contributed by atoms with Crippen LogP contribution in [-0.4, -0.2) is 22.6 Å². The SMILES string of the molecule is CC1(CN2C(=O)S/C(=C/c3ccc(F)cc3)C2=O)CCCCC1. The number of rotatable bonds is 3. The molecule has 0 unspecified atom stereocenters. The van der Waals surface area contributed by atoms with E-state index in [4.69, 9.17) is 0 Å².